The van der Waals surface area contributed by atoms with E-state index in [9.17, 15) is 13.2 Å². The van der Waals surface area contributed by atoms with Gasteiger partial charge in [-0.3, -0.25) is 4.79 Å². The number of aryl methyl sites for hydroxylation is 1. The van der Waals surface area contributed by atoms with Gasteiger partial charge in [-0.2, -0.15) is 4.31 Å². The van der Waals surface area contributed by atoms with Gasteiger partial charge in [-0.25, -0.2) is 8.42 Å². The molecule has 0 atom stereocenters. The number of nitrogens with zero attached hydrogens (tertiary/aromatic N) is 1. The number of benzene rings is 1. The number of thiophene rings is 1. The normalized spacial score (nSPS) is 14.9. The van der Waals surface area contributed by atoms with Crippen LogP contribution in [0.15, 0.2) is 29.2 Å². The van der Waals surface area contributed by atoms with Crippen LogP contribution in [0.5, 0.6) is 11.5 Å². The monoisotopic (exact) mass is 410 g/mol. The second-order valence-corrected chi connectivity index (χ2v) is 9.33. The first-order chi connectivity index (χ1) is 12.9. The smallest absolute Gasteiger partial charge is 0.265 e. The van der Waals surface area contributed by atoms with Crippen LogP contribution in [0.2, 0.25) is 0 Å². The molecule has 0 aliphatic carbocycles. The number of carbonyl (C=O) groups is 1. The van der Waals surface area contributed by atoms with Gasteiger partial charge in [0.1, 0.15) is 11.5 Å². The van der Waals surface area contributed by atoms with E-state index in [2.05, 4.69) is 5.32 Å². The lowest BCUT2D eigenvalue weighted by Gasteiger charge is -2.14. The maximum atomic E-state index is 12.8. The molecule has 1 N–H and O–H groups in total. The molecule has 0 unspecified atom stereocenters. The van der Waals surface area contributed by atoms with E-state index in [1.165, 1.54) is 28.8 Å². The number of anilines is 1. The lowest BCUT2D eigenvalue weighted by atomic mass is 10.2. The Kier molecular flexibility index (Phi) is 5.73. The lowest BCUT2D eigenvalue weighted by Crippen LogP contribution is -2.28. The van der Waals surface area contributed by atoms with Gasteiger partial charge in [0, 0.05) is 24.0 Å². The van der Waals surface area contributed by atoms with Gasteiger partial charge < -0.3 is 14.8 Å². The molecular weight excluding hydrogens is 388 g/mol. The second-order valence-electron chi connectivity index (χ2n) is 6.16. The Morgan fingerprint density at radius 3 is 2.48 bits per heavy atom. The quantitative estimate of drug-likeness (QED) is 0.791. The van der Waals surface area contributed by atoms with Crippen molar-refractivity contribution in [3.63, 3.8) is 0 Å². The van der Waals surface area contributed by atoms with Crippen LogP contribution in [-0.2, 0) is 10.0 Å². The summed E-state index contributed by atoms with van der Waals surface area (Å²) in [6.45, 7) is 2.78. The van der Waals surface area contributed by atoms with Crippen LogP contribution in [0.4, 0.5) is 5.69 Å². The van der Waals surface area contributed by atoms with E-state index in [1.54, 1.807) is 32.2 Å². The first-order valence-electron chi connectivity index (χ1n) is 8.50. The number of hydrogen-bond acceptors (Lipinski definition) is 6. The van der Waals surface area contributed by atoms with Crippen molar-refractivity contribution in [3.05, 3.63) is 34.0 Å². The minimum absolute atomic E-state index is 0.209. The molecule has 2 heterocycles. The zero-order chi connectivity index (χ0) is 19.6. The van der Waals surface area contributed by atoms with Crippen molar-refractivity contribution in [1.82, 2.24) is 4.31 Å². The Morgan fingerprint density at radius 1 is 1.15 bits per heavy atom. The molecule has 1 aromatic carbocycles. The van der Waals surface area contributed by atoms with Crippen LogP contribution in [0, 0.1) is 6.92 Å². The van der Waals surface area contributed by atoms with E-state index in [-0.39, 0.29) is 10.8 Å². The molecule has 1 amide bonds. The van der Waals surface area contributed by atoms with Crippen molar-refractivity contribution in [2.24, 2.45) is 0 Å². The SMILES string of the molecule is COc1ccc(NC(=O)c2cc(S(=O)(=O)N3CCCC3)c(C)s2)c(OC)c1. The summed E-state index contributed by atoms with van der Waals surface area (Å²) in [5.41, 5.74) is 0.485. The maximum absolute atomic E-state index is 12.8. The molecule has 27 heavy (non-hydrogen) atoms. The van der Waals surface area contributed by atoms with Crippen LogP contribution >= 0.6 is 11.3 Å². The summed E-state index contributed by atoms with van der Waals surface area (Å²) >= 11 is 1.17. The number of hydrogen-bond donors (Lipinski definition) is 1. The first kappa shape index (κ1) is 19.7. The number of sulfonamides is 1. The highest BCUT2D eigenvalue weighted by molar-refractivity contribution is 7.89. The number of ether oxygens (including phenoxy) is 2. The predicted molar refractivity (Wildman–Crippen MR) is 105 cm³/mol. The van der Waals surface area contributed by atoms with Crippen LogP contribution in [0.3, 0.4) is 0 Å². The Balaban J connectivity index is 1.85. The molecule has 2 aromatic rings. The summed E-state index contributed by atoms with van der Waals surface area (Å²) in [5.74, 6) is 0.686. The molecule has 1 saturated heterocycles. The Hall–Kier alpha value is -2.10. The van der Waals surface area contributed by atoms with E-state index in [0.717, 1.165) is 12.8 Å². The number of methoxy groups -OCH3 is 2. The highest BCUT2D eigenvalue weighted by Gasteiger charge is 2.30. The molecule has 3 rings (SSSR count). The van der Waals surface area contributed by atoms with Crippen molar-refractivity contribution in [2.75, 3.05) is 32.6 Å². The van der Waals surface area contributed by atoms with Gasteiger partial charge >= 0.3 is 0 Å². The molecule has 1 aliphatic heterocycles. The van der Waals surface area contributed by atoms with E-state index >= 15 is 0 Å². The van der Waals surface area contributed by atoms with Crippen molar-refractivity contribution in [2.45, 2.75) is 24.7 Å². The third-order valence-corrected chi connectivity index (χ3v) is 7.64. The van der Waals surface area contributed by atoms with E-state index in [0.29, 0.717) is 40.0 Å². The third kappa shape index (κ3) is 3.95. The van der Waals surface area contributed by atoms with Crippen LogP contribution in [0.25, 0.3) is 0 Å². The number of nitrogens with one attached hydrogen (secondary N) is 1. The summed E-state index contributed by atoms with van der Waals surface area (Å²) < 4.78 is 37.5. The van der Waals surface area contributed by atoms with Gasteiger partial charge in [0.25, 0.3) is 5.91 Å². The number of rotatable bonds is 6. The van der Waals surface area contributed by atoms with Gasteiger partial charge in [-0.1, -0.05) is 0 Å². The largest absolute Gasteiger partial charge is 0.497 e. The molecule has 146 valence electrons. The first-order valence-corrected chi connectivity index (χ1v) is 10.8. The fourth-order valence-corrected chi connectivity index (χ4v) is 5.96. The van der Waals surface area contributed by atoms with Gasteiger partial charge in [-0.15, -0.1) is 11.3 Å². The molecule has 1 fully saturated rings. The summed E-state index contributed by atoms with van der Waals surface area (Å²) in [6.07, 6.45) is 1.74. The van der Waals surface area contributed by atoms with Crippen molar-refractivity contribution in [3.8, 4) is 11.5 Å². The van der Waals surface area contributed by atoms with Crippen molar-refractivity contribution < 1.29 is 22.7 Å². The van der Waals surface area contributed by atoms with E-state index < -0.39 is 10.0 Å². The van der Waals surface area contributed by atoms with Crippen molar-refractivity contribution in [1.29, 1.82) is 0 Å². The standard InChI is InChI=1S/C18H22N2O5S2/c1-12-17(27(22,23)20-8-4-5-9-20)11-16(26-12)18(21)19-14-7-6-13(24-2)10-15(14)25-3/h6-7,10-11H,4-5,8-9H2,1-3H3,(H,19,21). The van der Waals surface area contributed by atoms with E-state index in [1.807, 2.05) is 0 Å². The van der Waals surface area contributed by atoms with Crippen LogP contribution < -0.4 is 14.8 Å². The van der Waals surface area contributed by atoms with E-state index in [4.69, 9.17) is 9.47 Å². The lowest BCUT2D eigenvalue weighted by molar-refractivity contribution is 0.103. The van der Waals surface area contributed by atoms with Gasteiger partial charge in [0.2, 0.25) is 10.0 Å². The number of carbonyl (C=O) groups excluding carboxylic acids is 1. The Bertz CT molecular complexity index is 947. The average Bonchev–Trinajstić information content (AvgIpc) is 3.32. The topological polar surface area (TPSA) is 84.9 Å². The highest BCUT2D eigenvalue weighted by atomic mass is 32.2. The molecule has 7 nitrogen and oxygen atoms in total. The second kappa shape index (κ2) is 7.87. The summed E-state index contributed by atoms with van der Waals surface area (Å²) in [6, 6.07) is 6.51. The summed E-state index contributed by atoms with van der Waals surface area (Å²) in [4.78, 5) is 13.8. The molecule has 0 spiro atoms. The molecule has 1 aromatic heterocycles. The van der Waals surface area contributed by atoms with Gasteiger partial charge in [-0.05, 0) is 38.0 Å². The third-order valence-electron chi connectivity index (χ3n) is 4.44. The zero-order valence-electron chi connectivity index (χ0n) is 15.4. The molecule has 0 radical (unpaired) electrons. The predicted octanol–water partition coefficient (Wildman–Crippen LogP) is 3.11. The van der Waals surface area contributed by atoms with Crippen molar-refractivity contribution >= 4 is 33.0 Å². The fraction of sp³-hybridized carbons (Fsp3) is 0.389. The Labute approximate surface area is 163 Å². The van der Waals surface area contributed by atoms with Crippen LogP contribution in [0.1, 0.15) is 27.4 Å². The highest BCUT2D eigenvalue weighted by Crippen LogP contribution is 2.32. The number of amides is 1. The zero-order valence-corrected chi connectivity index (χ0v) is 17.1. The molecular formula is C18H22N2O5S2. The molecule has 0 bridgehead atoms. The summed E-state index contributed by atoms with van der Waals surface area (Å²) in [7, 11) is -0.508. The van der Waals surface area contributed by atoms with Crippen LogP contribution in [-0.4, -0.2) is 45.9 Å². The molecule has 1 aliphatic rings. The molecule has 0 saturated carbocycles. The van der Waals surface area contributed by atoms with Gasteiger partial charge in [0.05, 0.1) is 29.7 Å². The minimum Gasteiger partial charge on any atom is -0.497 e. The Morgan fingerprint density at radius 2 is 1.85 bits per heavy atom. The summed E-state index contributed by atoms with van der Waals surface area (Å²) in [5, 5.41) is 2.77. The fourth-order valence-electron chi connectivity index (χ4n) is 2.99. The average molecular weight is 411 g/mol. The minimum atomic E-state index is -3.55. The maximum Gasteiger partial charge on any atom is 0.265 e. The van der Waals surface area contributed by atoms with Gasteiger partial charge in [0.15, 0.2) is 0 Å². The molecule has 9 heteroatoms.